The lowest BCUT2D eigenvalue weighted by molar-refractivity contribution is 0.785. The molecule has 0 saturated carbocycles. The molecule has 0 atom stereocenters. The summed E-state index contributed by atoms with van der Waals surface area (Å²) < 4.78 is 1.64. The van der Waals surface area contributed by atoms with Gasteiger partial charge in [0, 0.05) is 0 Å². The van der Waals surface area contributed by atoms with Crippen LogP contribution in [0.15, 0.2) is 18.2 Å². The van der Waals surface area contributed by atoms with Crippen LogP contribution >= 0.6 is 11.6 Å². The van der Waals surface area contributed by atoms with Gasteiger partial charge in [0.2, 0.25) is 0 Å². The monoisotopic (exact) mass is 222 g/mol. The smallest absolute Gasteiger partial charge is 0.169 e. The molecule has 5 heteroatoms. The minimum atomic E-state index is 0.423. The van der Waals surface area contributed by atoms with Crippen molar-refractivity contribution in [3.05, 3.63) is 34.5 Å². The van der Waals surface area contributed by atoms with E-state index in [0.717, 1.165) is 16.9 Å². The van der Waals surface area contributed by atoms with Crippen molar-refractivity contribution in [2.24, 2.45) is 0 Å². The number of aromatic nitrogens is 3. The highest BCUT2D eigenvalue weighted by molar-refractivity contribution is 6.32. The Hall–Kier alpha value is -1.55. The van der Waals surface area contributed by atoms with E-state index in [9.17, 15) is 0 Å². The Bertz CT molecular complexity index is 504. The molecule has 0 bridgehead atoms. The second kappa shape index (κ2) is 3.55. The number of nitrogens with zero attached hydrogens (tertiary/aromatic N) is 3. The topological polar surface area (TPSA) is 56.7 Å². The standard InChI is InChI=1S/C10H11ClN4/c1-6-3-4-9(8(11)5-6)15-7(2)10(12)13-14-15/h3-5H,12H2,1-2H3. The number of anilines is 1. The van der Waals surface area contributed by atoms with Crippen molar-refractivity contribution in [2.75, 3.05) is 5.73 Å². The fraction of sp³-hybridized carbons (Fsp3) is 0.200. The number of hydrogen-bond donors (Lipinski definition) is 1. The molecular weight excluding hydrogens is 212 g/mol. The number of benzene rings is 1. The Balaban J connectivity index is 2.59. The summed E-state index contributed by atoms with van der Waals surface area (Å²) >= 11 is 6.12. The summed E-state index contributed by atoms with van der Waals surface area (Å²) in [5.41, 5.74) is 8.31. The van der Waals surface area contributed by atoms with E-state index in [1.807, 2.05) is 32.0 Å². The SMILES string of the molecule is Cc1ccc(-n2nnc(N)c2C)c(Cl)c1. The summed E-state index contributed by atoms with van der Waals surface area (Å²) in [6.07, 6.45) is 0. The summed E-state index contributed by atoms with van der Waals surface area (Å²) in [7, 11) is 0. The fourth-order valence-electron chi connectivity index (χ4n) is 1.35. The van der Waals surface area contributed by atoms with Crippen LogP contribution in [0.2, 0.25) is 5.02 Å². The van der Waals surface area contributed by atoms with Crippen LogP contribution in [0.4, 0.5) is 5.82 Å². The van der Waals surface area contributed by atoms with Gasteiger partial charge in [-0.25, -0.2) is 4.68 Å². The van der Waals surface area contributed by atoms with Gasteiger partial charge in [-0.1, -0.05) is 22.9 Å². The molecule has 1 aromatic carbocycles. The van der Waals surface area contributed by atoms with Crippen molar-refractivity contribution in [1.29, 1.82) is 0 Å². The molecule has 0 spiro atoms. The van der Waals surface area contributed by atoms with Crippen LogP contribution in [0.3, 0.4) is 0 Å². The molecule has 2 aromatic rings. The molecule has 4 nitrogen and oxygen atoms in total. The van der Waals surface area contributed by atoms with Crippen molar-refractivity contribution in [1.82, 2.24) is 15.0 Å². The number of aryl methyl sites for hydroxylation is 1. The first-order valence-corrected chi connectivity index (χ1v) is 4.91. The fourth-order valence-corrected chi connectivity index (χ4v) is 1.67. The zero-order valence-electron chi connectivity index (χ0n) is 8.53. The van der Waals surface area contributed by atoms with Gasteiger partial charge >= 0.3 is 0 Å². The van der Waals surface area contributed by atoms with Crippen LogP contribution < -0.4 is 5.73 Å². The summed E-state index contributed by atoms with van der Waals surface area (Å²) in [6, 6.07) is 5.76. The Morgan fingerprint density at radius 1 is 1.33 bits per heavy atom. The van der Waals surface area contributed by atoms with Gasteiger partial charge in [0.05, 0.1) is 16.4 Å². The molecule has 0 fully saturated rings. The Morgan fingerprint density at radius 2 is 2.07 bits per heavy atom. The predicted molar refractivity (Wildman–Crippen MR) is 60.3 cm³/mol. The molecule has 1 heterocycles. The summed E-state index contributed by atoms with van der Waals surface area (Å²) in [6.45, 7) is 3.84. The van der Waals surface area contributed by atoms with Crippen molar-refractivity contribution in [3.63, 3.8) is 0 Å². The van der Waals surface area contributed by atoms with Crippen molar-refractivity contribution in [2.45, 2.75) is 13.8 Å². The maximum absolute atomic E-state index is 6.12. The van der Waals surface area contributed by atoms with Gasteiger partial charge in [-0.2, -0.15) is 0 Å². The molecule has 0 aliphatic heterocycles. The van der Waals surface area contributed by atoms with E-state index in [0.29, 0.717) is 10.8 Å². The second-order valence-electron chi connectivity index (χ2n) is 3.43. The van der Waals surface area contributed by atoms with Gasteiger partial charge in [-0.15, -0.1) is 5.10 Å². The van der Waals surface area contributed by atoms with Crippen LogP contribution in [-0.2, 0) is 0 Å². The highest BCUT2D eigenvalue weighted by atomic mass is 35.5. The highest BCUT2D eigenvalue weighted by Gasteiger charge is 2.09. The van der Waals surface area contributed by atoms with E-state index < -0.39 is 0 Å². The largest absolute Gasteiger partial charge is 0.381 e. The Labute approximate surface area is 92.7 Å². The quantitative estimate of drug-likeness (QED) is 0.804. The van der Waals surface area contributed by atoms with Gasteiger partial charge in [-0.05, 0) is 31.5 Å². The molecule has 0 amide bonds. The lowest BCUT2D eigenvalue weighted by Crippen LogP contribution is -2.00. The third-order valence-corrected chi connectivity index (χ3v) is 2.56. The molecule has 15 heavy (non-hydrogen) atoms. The minimum absolute atomic E-state index is 0.423. The average molecular weight is 223 g/mol. The van der Waals surface area contributed by atoms with Crippen LogP contribution in [0.5, 0.6) is 0 Å². The maximum atomic E-state index is 6.12. The van der Waals surface area contributed by atoms with Gasteiger partial charge in [0.15, 0.2) is 5.82 Å². The molecule has 0 aliphatic carbocycles. The van der Waals surface area contributed by atoms with E-state index in [1.165, 1.54) is 0 Å². The summed E-state index contributed by atoms with van der Waals surface area (Å²) in [5, 5.41) is 8.36. The molecule has 2 N–H and O–H groups in total. The Kier molecular flexibility index (Phi) is 2.36. The molecular formula is C10H11ClN4. The van der Waals surface area contributed by atoms with Crippen LogP contribution in [0.1, 0.15) is 11.3 Å². The molecule has 1 aromatic heterocycles. The number of halogens is 1. The third-order valence-electron chi connectivity index (χ3n) is 2.26. The third kappa shape index (κ3) is 1.68. The van der Waals surface area contributed by atoms with Crippen molar-refractivity contribution in [3.8, 4) is 5.69 Å². The number of hydrogen-bond acceptors (Lipinski definition) is 3. The zero-order valence-corrected chi connectivity index (χ0v) is 9.28. The molecule has 0 radical (unpaired) electrons. The van der Waals surface area contributed by atoms with E-state index in [1.54, 1.807) is 4.68 Å². The van der Waals surface area contributed by atoms with Crippen LogP contribution in [0, 0.1) is 13.8 Å². The number of rotatable bonds is 1. The van der Waals surface area contributed by atoms with E-state index in [2.05, 4.69) is 10.3 Å². The second-order valence-corrected chi connectivity index (χ2v) is 3.83. The molecule has 0 aliphatic rings. The van der Waals surface area contributed by atoms with Crippen molar-refractivity contribution >= 4 is 17.4 Å². The normalized spacial score (nSPS) is 10.6. The molecule has 78 valence electrons. The maximum Gasteiger partial charge on any atom is 0.169 e. The Morgan fingerprint density at radius 3 is 2.60 bits per heavy atom. The lowest BCUT2D eigenvalue weighted by Gasteiger charge is -2.06. The first-order chi connectivity index (χ1) is 7.09. The summed E-state index contributed by atoms with van der Waals surface area (Å²) in [4.78, 5) is 0. The minimum Gasteiger partial charge on any atom is -0.381 e. The first-order valence-electron chi connectivity index (χ1n) is 4.54. The predicted octanol–water partition coefficient (Wildman–Crippen LogP) is 2.12. The van der Waals surface area contributed by atoms with Crippen LogP contribution in [0.25, 0.3) is 5.69 Å². The van der Waals surface area contributed by atoms with Crippen molar-refractivity contribution < 1.29 is 0 Å². The molecule has 2 rings (SSSR count). The molecule has 0 unspecified atom stereocenters. The molecule has 0 saturated heterocycles. The highest BCUT2D eigenvalue weighted by Crippen LogP contribution is 2.23. The zero-order chi connectivity index (χ0) is 11.0. The van der Waals surface area contributed by atoms with E-state index in [4.69, 9.17) is 17.3 Å². The summed E-state index contributed by atoms with van der Waals surface area (Å²) in [5.74, 6) is 0.423. The van der Waals surface area contributed by atoms with Gasteiger partial charge in [0.25, 0.3) is 0 Å². The average Bonchev–Trinajstić information content (AvgIpc) is 2.49. The number of nitrogen functional groups attached to an aromatic ring is 1. The lowest BCUT2D eigenvalue weighted by atomic mass is 10.2. The van der Waals surface area contributed by atoms with Gasteiger partial charge < -0.3 is 5.73 Å². The van der Waals surface area contributed by atoms with Gasteiger partial charge in [0.1, 0.15) is 0 Å². The van der Waals surface area contributed by atoms with E-state index >= 15 is 0 Å². The first kappa shape index (κ1) is 9.98. The van der Waals surface area contributed by atoms with E-state index in [-0.39, 0.29) is 0 Å². The van der Waals surface area contributed by atoms with Crippen LogP contribution in [-0.4, -0.2) is 15.0 Å². The van der Waals surface area contributed by atoms with Gasteiger partial charge in [-0.3, -0.25) is 0 Å². The number of nitrogens with two attached hydrogens (primary N) is 1.